The minimum Gasteiger partial charge on any atom is -0.352 e. The average molecular weight is 302 g/mol. The Balaban J connectivity index is 1.48. The number of nitrogens with one attached hydrogen (secondary N) is 1. The van der Waals surface area contributed by atoms with E-state index in [4.69, 9.17) is 0 Å². The van der Waals surface area contributed by atoms with Gasteiger partial charge in [-0.3, -0.25) is 9.78 Å². The van der Waals surface area contributed by atoms with Crippen LogP contribution in [0.25, 0.3) is 0 Å². The topological polar surface area (TPSA) is 58.1 Å². The summed E-state index contributed by atoms with van der Waals surface area (Å²) in [5.74, 6) is -0.0851. The number of anilines is 1. The normalized spacial score (nSPS) is 14.4. The highest BCUT2D eigenvalue weighted by atomic mass is 32.1. The molecule has 3 rings (SSSR count). The first-order valence-electron chi connectivity index (χ1n) is 7.20. The van der Waals surface area contributed by atoms with E-state index in [1.165, 1.54) is 12.8 Å². The zero-order valence-electron chi connectivity index (χ0n) is 11.8. The standard InChI is InChI=1S/C15H18N4OS/c20-14(12-4-3-6-16-10-12)17-7-5-13-11-21-15(18-13)19-8-1-2-9-19/h3-4,6,10-11H,1-2,5,7-9H2,(H,17,20). The molecule has 110 valence electrons. The summed E-state index contributed by atoms with van der Waals surface area (Å²) in [6, 6.07) is 3.52. The molecule has 0 aromatic carbocycles. The van der Waals surface area contributed by atoms with Gasteiger partial charge in [0.2, 0.25) is 0 Å². The first-order chi connectivity index (χ1) is 10.3. The van der Waals surface area contributed by atoms with Crippen molar-refractivity contribution in [2.75, 3.05) is 24.5 Å². The third-order valence-electron chi connectivity index (χ3n) is 3.51. The van der Waals surface area contributed by atoms with Gasteiger partial charge in [0, 0.05) is 43.8 Å². The lowest BCUT2D eigenvalue weighted by atomic mass is 10.2. The Morgan fingerprint density at radius 1 is 1.38 bits per heavy atom. The molecule has 2 aromatic heterocycles. The monoisotopic (exact) mass is 302 g/mol. The third kappa shape index (κ3) is 3.58. The fraction of sp³-hybridized carbons (Fsp3) is 0.400. The van der Waals surface area contributed by atoms with Crippen molar-refractivity contribution >= 4 is 22.4 Å². The second-order valence-electron chi connectivity index (χ2n) is 5.06. The van der Waals surface area contributed by atoms with Crippen LogP contribution in [-0.4, -0.2) is 35.5 Å². The average Bonchev–Trinajstić information content (AvgIpc) is 3.19. The summed E-state index contributed by atoms with van der Waals surface area (Å²) in [4.78, 5) is 22.8. The Kier molecular flexibility index (Phi) is 4.45. The van der Waals surface area contributed by atoms with E-state index >= 15 is 0 Å². The maximum Gasteiger partial charge on any atom is 0.252 e. The molecule has 1 saturated heterocycles. The van der Waals surface area contributed by atoms with Crippen LogP contribution >= 0.6 is 11.3 Å². The summed E-state index contributed by atoms with van der Waals surface area (Å²) in [6.07, 6.45) is 6.51. The summed E-state index contributed by atoms with van der Waals surface area (Å²) < 4.78 is 0. The van der Waals surface area contributed by atoms with Crippen molar-refractivity contribution in [1.29, 1.82) is 0 Å². The number of carbonyl (C=O) groups excluding carboxylic acids is 1. The van der Waals surface area contributed by atoms with Gasteiger partial charge < -0.3 is 10.2 Å². The van der Waals surface area contributed by atoms with Crippen molar-refractivity contribution in [3.05, 3.63) is 41.2 Å². The number of hydrogen-bond acceptors (Lipinski definition) is 5. The molecule has 1 aliphatic rings. The Hall–Kier alpha value is -1.95. The SMILES string of the molecule is O=C(NCCc1csc(N2CCCC2)n1)c1cccnc1. The van der Waals surface area contributed by atoms with Crippen LogP contribution in [-0.2, 0) is 6.42 Å². The summed E-state index contributed by atoms with van der Waals surface area (Å²) >= 11 is 1.69. The Labute approximate surface area is 128 Å². The number of hydrogen-bond donors (Lipinski definition) is 1. The van der Waals surface area contributed by atoms with E-state index in [1.54, 1.807) is 35.9 Å². The molecule has 1 fully saturated rings. The molecule has 0 spiro atoms. The van der Waals surface area contributed by atoms with Gasteiger partial charge in [0.15, 0.2) is 5.13 Å². The number of carbonyl (C=O) groups is 1. The fourth-order valence-electron chi connectivity index (χ4n) is 2.37. The summed E-state index contributed by atoms with van der Waals surface area (Å²) in [7, 11) is 0. The molecular formula is C15H18N4OS. The van der Waals surface area contributed by atoms with Gasteiger partial charge in [-0.2, -0.15) is 0 Å². The molecule has 1 aliphatic heterocycles. The maximum atomic E-state index is 11.9. The van der Waals surface area contributed by atoms with E-state index in [1.807, 2.05) is 0 Å². The van der Waals surface area contributed by atoms with Gasteiger partial charge in [0.1, 0.15) is 0 Å². The minimum atomic E-state index is -0.0851. The second kappa shape index (κ2) is 6.67. The second-order valence-corrected chi connectivity index (χ2v) is 5.90. The smallest absolute Gasteiger partial charge is 0.252 e. The van der Waals surface area contributed by atoms with Crippen LogP contribution in [0.3, 0.4) is 0 Å². The van der Waals surface area contributed by atoms with Gasteiger partial charge in [0.25, 0.3) is 5.91 Å². The van der Waals surface area contributed by atoms with Gasteiger partial charge in [-0.15, -0.1) is 11.3 Å². The van der Waals surface area contributed by atoms with Crippen molar-refractivity contribution in [3.8, 4) is 0 Å². The van der Waals surface area contributed by atoms with Crippen LogP contribution in [0, 0.1) is 0 Å². The van der Waals surface area contributed by atoms with Gasteiger partial charge in [-0.25, -0.2) is 4.98 Å². The van der Waals surface area contributed by atoms with Crippen molar-refractivity contribution in [3.63, 3.8) is 0 Å². The number of nitrogens with zero attached hydrogens (tertiary/aromatic N) is 3. The number of thiazole rings is 1. The number of aromatic nitrogens is 2. The van der Waals surface area contributed by atoms with Crippen molar-refractivity contribution in [2.24, 2.45) is 0 Å². The van der Waals surface area contributed by atoms with Crippen LogP contribution in [0.2, 0.25) is 0 Å². The molecule has 0 radical (unpaired) electrons. The molecule has 2 aromatic rings. The summed E-state index contributed by atoms with van der Waals surface area (Å²) in [6.45, 7) is 2.83. The van der Waals surface area contributed by atoms with Crippen LogP contribution in [0.4, 0.5) is 5.13 Å². The Morgan fingerprint density at radius 3 is 3.00 bits per heavy atom. The number of amides is 1. The van der Waals surface area contributed by atoms with E-state index < -0.39 is 0 Å². The van der Waals surface area contributed by atoms with Crippen LogP contribution in [0.15, 0.2) is 29.9 Å². The lowest BCUT2D eigenvalue weighted by molar-refractivity contribution is 0.0953. The molecule has 0 saturated carbocycles. The molecule has 0 aliphatic carbocycles. The van der Waals surface area contributed by atoms with Gasteiger partial charge >= 0.3 is 0 Å². The van der Waals surface area contributed by atoms with E-state index in [-0.39, 0.29) is 5.91 Å². The molecule has 3 heterocycles. The maximum absolute atomic E-state index is 11.9. The molecule has 5 nitrogen and oxygen atoms in total. The molecule has 0 unspecified atom stereocenters. The zero-order valence-corrected chi connectivity index (χ0v) is 12.6. The highest BCUT2D eigenvalue weighted by molar-refractivity contribution is 7.13. The number of rotatable bonds is 5. The highest BCUT2D eigenvalue weighted by Crippen LogP contribution is 2.24. The van der Waals surface area contributed by atoms with Crippen molar-refractivity contribution in [2.45, 2.75) is 19.3 Å². The van der Waals surface area contributed by atoms with Crippen LogP contribution < -0.4 is 10.2 Å². The molecular weight excluding hydrogens is 284 g/mol. The molecule has 6 heteroatoms. The predicted molar refractivity (Wildman–Crippen MR) is 83.8 cm³/mol. The van der Waals surface area contributed by atoms with Crippen LogP contribution in [0.5, 0.6) is 0 Å². The lowest BCUT2D eigenvalue weighted by Crippen LogP contribution is -2.25. The van der Waals surface area contributed by atoms with E-state index in [2.05, 4.69) is 25.6 Å². The molecule has 21 heavy (non-hydrogen) atoms. The largest absolute Gasteiger partial charge is 0.352 e. The van der Waals surface area contributed by atoms with Crippen molar-refractivity contribution in [1.82, 2.24) is 15.3 Å². The Bertz CT molecular complexity index is 593. The fourth-order valence-corrected chi connectivity index (χ4v) is 3.28. The first kappa shape index (κ1) is 14.0. The number of pyridine rings is 1. The quantitative estimate of drug-likeness (QED) is 0.919. The zero-order chi connectivity index (χ0) is 14.5. The molecule has 0 bridgehead atoms. The van der Waals surface area contributed by atoms with Crippen molar-refractivity contribution < 1.29 is 4.79 Å². The van der Waals surface area contributed by atoms with Gasteiger partial charge in [0.05, 0.1) is 11.3 Å². The van der Waals surface area contributed by atoms with Crippen LogP contribution in [0.1, 0.15) is 28.9 Å². The predicted octanol–water partition coefficient (Wildman–Crippen LogP) is 2.11. The molecule has 0 atom stereocenters. The van der Waals surface area contributed by atoms with Gasteiger partial charge in [-0.05, 0) is 25.0 Å². The Morgan fingerprint density at radius 2 is 2.24 bits per heavy atom. The molecule has 1 amide bonds. The van der Waals surface area contributed by atoms with Gasteiger partial charge in [-0.1, -0.05) is 0 Å². The third-order valence-corrected chi connectivity index (χ3v) is 4.46. The van der Waals surface area contributed by atoms with E-state index in [9.17, 15) is 4.79 Å². The van der Waals surface area contributed by atoms with E-state index in [0.29, 0.717) is 12.1 Å². The minimum absolute atomic E-state index is 0.0851. The first-order valence-corrected chi connectivity index (χ1v) is 8.08. The van der Waals surface area contributed by atoms with E-state index in [0.717, 1.165) is 30.3 Å². The summed E-state index contributed by atoms with van der Waals surface area (Å²) in [5.41, 5.74) is 1.64. The highest BCUT2D eigenvalue weighted by Gasteiger charge is 2.15. The summed E-state index contributed by atoms with van der Waals surface area (Å²) in [5, 5.41) is 6.10. The molecule has 1 N–H and O–H groups in total. The lowest BCUT2D eigenvalue weighted by Gasteiger charge is -2.12.